The number of rotatable bonds is 4. The van der Waals surface area contributed by atoms with Crippen molar-refractivity contribution in [2.45, 2.75) is 39.5 Å². The third kappa shape index (κ3) is 3.49. The SMILES string of the molecule is CC(C)CCC(=O)Nc1ccc2c(c1)NCCC2. The molecule has 1 aliphatic heterocycles. The summed E-state index contributed by atoms with van der Waals surface area (Å²) in [7, 11) is 0. The zero-order chi connectivity index (χ0) is 13.0. The summed E-state index contributed by atoms with van der Waals surface area (Å²) in [5.74, 6) is 0.681. The number of carbonyl (C=O) groups excluding carboxylic acids is 1. The Morgan fingerprint density at radius 1 is 1.44 bits per heavy atom. The number of fused-ring (bicyclic) bond motifs is 1. The molecule has 0 unspecified atom stereocenters. The Kier molecular flexibility index (Phi) is 4.24. The van der Waals surface area contributed by atoms with Crippen LogP contribution in [0.15, 0.2) is 18.2 Å². The van der Waals surface area contributed by atoms with E-state index in [0.29, 0.717) is 12.3 Å². The fourth-order valence-corrected chi connectivity index (χ4v) is 2.18. The molecule has 2 N–H and O–H groups in total. The van der Waals surface area contributed by atoms with Crippen LogP contribution in [0.4, 0.5) is 11.4 Å². The minimum absolute atomic E-state index is 0.111. The molecule has 1 heterocycles. The Morgan fingerprint density at radius 2 is 2.28 bits per heavy atom. The number of hydrogen-bond acceptors (Lipinski definition) is 2. The molecule has 18 heavy (non-hydrogen) atoms. The summed E-state index contributed by atoms with van der Waals surface area (Å²) >= 11 is 0. The van der Waals surface area contributed by atoms with Gasteiger partial charge in [0.2, 0.25) is 5.91 Å². The van der Waals surface area contributed by atoms with Crippen molar-refractivity contribution in [1.29, 1.82) is 0 Å². The van der Waals surface area contributed by atoms with Gasteiger partial charge in [0.25, 0.3) is 0 Å². The van der Waals surface area contributed by atoms with Crippen LogP contribution >= 0.6 is 0 Å². The molecule has 0 radical (unpaired) electrons. The Hall–Kier alpha value is -1.51. The van der Waals surface area contributed by atoms with Crippen LogP contribution in [0.1, 0.15) is 38.7 Å². The zero-order valence-corrected chi connectivity index (χ0v) is 11.3. The molecule has 98 valence electrons. The summed E-state index contributed by atoms with van der Waals surface area (Å²) in [5, 5.41) is 6.34. The Labute approximate surface area is 109 Å². The molecule has 1 aromatic rings. The van der Waals surface area contributed by atoms with Gasteiger partial charge in [-0.25, -0.2) is 0 Å². The summed E-state index contributed by atoms with van der Waals surface area (Å²) in [6.07, 6.45) is 3.86. The van der Waals surface area contributed by atoms with Gasteiger partial charge < -0.3 is 10.6 Å². The standard InChI is InChI=1S/C15H22N2O/c1-11(2)5-8-15(18)17-13-7-6-12-4-3-9-16-14(12)10-13/h6-7,10-11,16H,3-5,8-9H2,1-2H3,(H,17,18). The number of aryl methyl sites for hydroxylation is 1. The molecule has 1 aliphatic rings. The van der Waals surface area contributed by atoms with E-state index in [1.807, 2.05) is 12.1 Å². The molecule has 0 fully saturated rings. The Balaban J connectivity index is 1.95. The third-order valence-electron chi connectivity index (χ3n) is 3.28. The van der Waals surface area contributed by atoms with Crippen LogP contribution in [0.25, 0.3) is 0 Å². The van der Waals surface area contributed by atoms with Crippen molar-refractivity contribution < 1.29 is 4.79 Å². The summed E-state index contributed by atoms with van der Waals surface area (Å²) in [6, 6.07) is 6.15. The van der Waals surface area contributed by atoms with Gasteiger partial charge in [0.1, 0.15) is 0 Å². The molecule has 1 aromatic carbocycles. The van der Waals surface area contributed by atoms with Gasteiger partial charge in [0, 0.05) is 24.3 Å². The number of benzene rings is 1. The van der Waals surface area contributed by atoms with E-state index in [9.17, 15) is 4.79 Å². The fraction of sp³-hybridized carbons (Fsp3) is 0.533. The van der Waals surface area contributed by atoms with Gasteiger partial charge in [0.05, 0.1) is 0 Å². The lowest BCUT2D eigenvalue weighted by Gasteiger charge is -2.19. The maximum absolute atomic E-state index is 11.8. The normalized spacial score (nSPS) is 13.9. The molecule has 0 aliphatic carbocycles. The van der Waals surface area contributed by atoms with Crippen LogP contribution in [0.2, 0.25) is 0 Å². The highest BCUT2D eigenvalue weighted by atomic mass is 16.1. The monoisotopic (exact) mass is 246 g/mol. The minimum Gasteiger partial charge on any atom is -0.385 e. The van der Waals surface area contributed by atoms with E-state index in [1.165, 1.54) is 17.7 Å². The van der Waals surface area contributed by atoms with Gasteiger partial charge >= 0.3 is 0 Å². The summed E-state index contributed by atoms with van der Waals surface area (Å²) < 4.78 is 0. The summed E-state index contributed by atoms with van der Waals surface area (Å²) in [6.45, 7) is 5.30. The first-order valence-electron chi connectivity index (χ1n) is 6.82. The lowest BCUT2D eigenvalue weighted by molar-refractivity contribution is -0.116. The van der Waals surface area contributed by atoms with Crippen molar-refractivity contribution in [3.8, 4) is 0 Å². The van der Waals surface area contributed by atoms with Gasteiger partial charge in [0.15, 0.2) is 0 Å². The van der Waals surface area contributed by atoms with Crippen LogP contribution in [0, 0.1) is 5.92 Å². The van der Waals surface area contributed by atoms with Crippen molar-refractivity contribution in [1.82, 2.24) is 0 Å². The van der Waals surface area contributed by atoms with Gasteiger partial charge in [-0.05, 0) is 42.9 Å². The first-order valence-corrected chi connectivity index (χ1v) is 6.82. The molecule has 0 aromatic heterocycles. The molecule has 0 atom stereocenters. The van der Waals surface area contributed by atoms with E-state index in [1.54, 1.807) is 0 Å². The van der Waals surface area contributed by atoms with Crippen LogP contribution < -0.4 is 10.6 Å². The number of hydrogen-bond donors (Lipinski definition) is 2. The molecule has 0 saturated heterocycles. The maximum atomic E-state index is 11.8. The van der Waals surface area contributed by atoms with Crippen molar-refractivity contribution in [3.63, 3.8) is 0 Å². The summed E-state index contributed by atoms with van der Waals surface area (Å²) in [5.41, 5.74) is 3.42. The number of carbonyl (C=O) groups is 1. The molecule has 3 heteroatoms. The van der Waals surface area contributed by atoms with Crippen molar-refractivity contribution in [2.75, 3.05) is 17.2 Å². The molecular formula is C15H22N2O. The topological polar surface area (TPSA) is 41.1 Å². The van der Waals surface area contributed by atoms with Gasteiger partial charge in [-0.2, -0.15) is 0 Å². The molecule has 0 saturated carbocycles. The highest BCUT2D eigenvalue weighted by Gasteiger charge is 2.10. The van der Waals surface area contributed by atoms with E-state index >= 15 is 0 Å². The number of amides is 1. The highest BCUT2D eigenvalue weighted by Crippen LogP contribution is 2.25. The van der Waals surface area contributed by atoms with Crippen molar-refractivity contribution in [2.24, 2.45) is 5.92 Å². The number of anilines is 2. The molecule has 1 amide bonds. The minimum atomic E-state index is 0.111. The molecule has 2 rings (SSSR count). The lowest BCUT2D eigenvalue weighted by Crippen LogP contribution is -2.14. The van der Waals surface area contributed by atoms with E-state index in [4.69, 9.17) is 0 Å². The van der Waals surface area contributed by atoms with Gasteiger partial charge in [-0.15, -0.1) is 0 Å². The van der Waals surface area contributed by atoms with E-state index in [0.717, 1.165) is 25.1 Å². The Bertz CT molecular complexity index is 427. The van der Waals surface area contributed by atoms with E-state index in [2.05, 4.69) is 30.5 Å². The predicted molar refractivity (Wildman–Crippen MR) is 76.0 cm³/mol. The largest absolute Gasteiger partial charge is 0.385 e. The third-order valence-corrected chi connectivity index (χ3v) is 3.28. The quantitative estimate of drug-likeness (QED) is 0.854. The second kappa shape index (κ2) is 5.89. The van der Waals surface area contributed by atoms with Crippen LogP contribution in [-0.2, 0) is 11.2 Å². The van der Waals surface area contributed by atoms with Crippen LogP contribution in [0.5, 0.6) is 0 Å². The lowest BCUT2D eigenvalue weighted by atomic mass is 10.0. The van der Waals surface area contributed by atoms with Gasteiger partial charge in [-0.3, -0.25) is 4.79 Å². The van der Waals surface area contributed by atoms with Crippen LogP contribution in [0.3, 0.4) is 0 Å². The smallest absolute Gasteiger partial charge is 0.224 e. The van der Waals surface area contributed by atoms with Crippen molar-refractivity contribution in [3.05, 3.63) is 23.8 Å². The fourth-order valence-electron chi connectivity index (χ4n) is 2.18. The zero-order valence-electron chi connectivity index (χ0n) is 11.3. The van der Waals surface area contributed by atoms with Crippen LogP contribution in [-0.4, -0.2) is 12.5 Å². The first-order chi connectivity index (χ1) is 8.65. The second-order valence-corrected chi connectivity index (χ2v) is 5.38. The molecule has 0 bridgehead atoms. The van der Waals surface area contributed by atoms with E-state index in [-0.39, 0.29) is 5.91 Å². The summed E-state index contributed by atoms with van der Waals surface area (Å²) in [4.78, 5) is 11.8. The first kappa shape index (κ1) is 12.9. The average molecular weight is 246 g/mol. The molecular weight excluding hydrogens is 224 g/mol. The van der Waals surface area contributed by atoms with E-state index < -0.39 is 0 Å². The highest BCUT2D eigenvalue weighted by molar-refractivity contribution is 5.91. The second-order valence-electron chi connectivity index (χ2n) is 5.38. The maximum Gasteiger partial charge on any atom is 0.224 e. The van der Waals surface area contributed by atoms with Gasteiger partial charge in [-0.1, -0.05) is 19.9 Å². The Morgan fingerprint density at radius 3 is 3.06 bits per heavy atom. The number of nitrogens with one attached hydrogen (secondary N) is 2. The van der Waals surface area contributed by atoms with Crippen molar-refractivity contribution >= 4 is 17.3 Å². The average Bonchev–Trinajstić information content (AvgIpc) is 2.36. The molecule has 3 nitrogen and oxygen atoms in total. The predicted octanol–water partition coefficient (Wildman–Crippen LogP) is 3.42. The molecule has 0 spiro atoms.